The van der Waals surface area contributed by atoms with Crippen LogP contribution in [-0.4, -0.2) is 49.1 Å². The molecule has 0 saturated heterocycles. The Morgan fingerprint density at radius 2 is 2.00 bits per heavy atom. The molecule has 1 unspecified atom stereocenters. The van der Waals surface area contributed by atoms with Crippen LogP contribution in [0.2, 0.25) is 0 Å². The van der Waals surface area contributed by atoms with Crippen molar-refractivity contribution < 1.29 is 27.9 Å². The zero-order valence-corrected chi connectivity index (χ0v) is 16.7. The van der Waals surface area contributed by atoms with E-state index < -0.39 is 26.8 Å². The molecule has 1 aromatic carbocycles. The van der Waals surface area contributed by atoms with E-state index in [-0.39, 0.29) is 24.6 Å². The maximum Gasteiger partial charge on any atom is 0.416 e. The van der Waals surface area contributed by atoms with Gasteiger partial charge in [0.05, 0.1) is 23.6 Å². The Morgan fingerprint density at radius 1 is 1.29 bits per heavy atom. The number of carbonyl (C=O) groups is 2. The van der Waals surface area contributed by atoms with Crippen molar-refractivity contribution in [2.24, 2.45) is 0 Å². The first kappa shape index (κ1) is 20.3. The Morgan fingerprint density at radius 3 is 2.64 bits per heavy atom. The first-order valence-corrected chi connectivity index (χ1v) is 11.0. The molecule has 0 radical (unpaired) electrons. The molecule has 0 saturated carbocycles. The zero-order valence-electron chi connectivity index (χ0n) is 15.9. The molecule has 0 fully saturated rings. The molecule has 1 aliphatic heterocycles. The predicted octanol–water partition coefficient (Wildman–Crippen LogP) is 2.24. The van der Waals surface area contributed by atoms with Crippen LogP contribution in [0.15, 0.2) is 24.3 Å². The minimum Gasteiger partial charge on any atom is -0.464 e. The third-order valence-electron chi connectivity index (χ3n) is 5.12. The molecule has 2 heterocycles. The minimum atomic E-state index is -4.11. The lowest BCUT2D eigenvalue weighted by Gasteiger charge is -2.36. The van der Waals surface area contributed by atoms with Gasteiger partial charge in [-0.15, -0.1) is 0 Å². The molecule has 9 heteroatoms. The number of unbranched alkanes of at least 4 members (excludes halogenated alkanes) is 1. The van der Waals surface area contributed by atoms with Crippen molar-refractivity contribution >= 4 is 32.8 Å². The van der Waals surface area contributed by atoms with E-state index in [2.05, 4.69) is 5.32 Å². The molecule has 8 nitrogen and oxygen atoms in total. The summed E-state index contributed by atoms with van der Waals surface area (Å²) in [6.07, 6.45) is 0.412. The molecule has 1 aliphatic rings. The fourth-order valence-corrected chi connectivity index (χ4v) is 5.33. The second-order valence-corrected chi connectivity index (χ2v) is 9.13. The van der Waals surface area contributed by atoms with Crippen LogP contribution in [0.5, 0.6) is 0 Å². The number of nitrogens with zero attached hydrogens (tertiary/aromatic N) is 1. The number of ether oxygens (including phenoxy) is 1. The van der Waals surface area contributed by atoms with E-state index in [1.54, 1.807) is 24.3 Å². The molecule has 152 valence electrons. The predicted molar refractivity (Wildman–Crippen MR) is 104 cm³/mol. The summed E-state index contributed by atoms with van der Waals surface area (Å²) >= 11 is 0. The third-order valence-corrected chi connectivity index (χ3v) is 7.32. The summed E-state index contributed by atoms with van der Waals surface area (Å²) in [6.45, 7) is 3.63. The van der Waals surface area contributed by atoms with Crippen LogP contribution in [0, 0.1) is 0 Å². The molecule has 28 heavy (non-hydrogen) atoms. The van der Waals surface area contributed by atoms with E-state index in [9.17, 15) is 23.1 Å². The van der Waals surface area contributed by atoms with Gasteiger partial charge in [0.1, 0.15) is 0 Å². The lowest BCUT2D eigenvalue weighted by Crippen LogP contribution is -2.60. The number of benzene rings is 1. The Hall–Kier alpha value is -2.39. The average Bonchev–Trinajstić information content (AvgIpc) is 3.02. The van der Waals surface area contributed by atoms with Gasteiger partial charge in [0.2, 0.25) is 0 Å². The smallest absolute Gasteiger partial charge is 0.416 e. The summed E-state index contributed by atoms with van der Waals surface area (Å²) in [5.74, 6) is -1.32. The normalized spacial score (nSPS) is 19.4. The fraction of sp³-hybridized carbons (Fsp3) is 0.474. The number of carboxylic acid groups (broad SMARTS) is 1. The van der Waals surface area contributed by atoms with Gasteiger partial charge in [-0.1, -0.05) is 38.5 Å². The van der Waals surface area contributed by atoms with Crippen molar-refractivity contribution in [3.05, 3.63) is 35.5 Å². The van der Waals surface area contributed by atoms with Crippen molar-refractivity contribution in [2.75, 3.05) is 18.9 Å². The van der Waals surface area contributed by atoms with Gasteiger partial charge in [-0.2, -0.15) is 0 Å². The highest BCUT2D eigenvalue weighted by atomic mass is 32.2. The highest BCUT2D eigenvalue weighted by Gasteiger charge is 2.58. The first-order valence-electron chi connectivity index (χ1n) is 9.32. The average molecular weight is 408 g/mol. The van der Waals surface area contributed by atoms with Gasteiger partial charge in [0.25, 0.3) is 4.87 Å². The largest absolute Gasteiger partial charge is 0.464 e. The van der Waals surface area contributed by atoms with Crippen molar-refractivity contribution in [1.82, 2.24) is 9.88 Å². The molecular formula is C19H24N2O6S. The fourth-order valence-electron chi connectivity index (χ4n) is 3.76. The lowest BCUT2D eigenvalue weighted by atomic mass is 9.98. The lowest BCUT2D eigenvalue weighted by molar-refractivity contribution is -0.148. The Balaban J connectivity index is 2.36. The van der Waals surface area contributed by atoms with Crippen LogP contribution in [0.1, 0.15) is 37.9 Å². The van der Waals surface area contributed by atoms with E-state index in [4.69, 9.17) is 4.74 Å². The van der Waals surface area contributed by atoms with E-state index in [1.807, 2.05) is 6.92 Å². The van der Waals surface area contributed by atoms with Crippen LogP contribution in [0.25, 0.3) is 10.9 Å². The van der Waals surface area contributed by atoms with Crippen LogP contribution < -0.4 is 5.32 Å². The summed E-state index contributed by atoms with van der Waals surface area (Å²) in [7, 11) is -4.11. The van der Waals surface area contributed by atoms with E-state index in [0.29, 0.717) is 29.3 Å². The van der Waals surface area contributed by atoms with Gasteiger partial charge in [-0.25, -0.2) is 22.6 Å². The maximum atomic E-state index is 13.2. The minimum absolute atomic E-state index is 0.0701. The van der Waals surface area contributed by atoms with Crippen LogP contribution in [-0.2, 0) is 30.7 Å². The number of aromatic nitrogens is 1. The Kier molecular flexibility index (Phi) is 5.49. The van der Waals surface area contributed by atoms with Gasteiger partial charge < -0.3 is 9.84 Å². The highest BCUT2D eigenvalue weighted by Crippen LogP contribution is 2.41. The van der Waals surface area contributed by atoms with Crippen molar-refractivity contribution in [1.29, 1.82) is 0 Å². The standard InChI is InChI=1S/C19H24N2O6S/c1-3-5-12-27-17(22)19(28(25,26)4-2)16-14(10-11-20-19)13-8-6-7-9-15(13)21(16)18(23)24/h6-9,20H,3-5,10-12H2,1-2H3,(H,23,24). The molecule has 0 amide bonds. The molecule has 1 atom stereocenters. The van der Waals surface area contributed by atoms with Gasteiger partial charge in [0, 0.05) is 11.9 Å². The highest BCUT2D eigenvalue weighted by molar-refractivity contribution is 7.93. The van der Waals surface area contributed by atoms with Gasteiger partial charge >= 0.3 is 12.1 Å². The van der Waals surface area contributed by atoms with E-state index >= 15 is 0 Å². The number of fused-ring (bicyclic) bond motifs is 3. The van der Waals surface area contributed by atoms with Crippen LogP contribution >= 0.6 is 0 Å². The quantitative estimate of drug-likeness (QED) is 0.556. The number of hydrogen-bond acceptors (Lipinski definition) is 6. The Labute approximate surface area is 163 Å². The molecule has 2 aromatic rings. The molecule has 0 spiro atoms. The molecular weight excluding hydrogens is 384 g/mol. The van der Waals surface area contributed by atoms with Crippen molar-refractivity contribution in [3.63, 3.8) is 0 Å². The van der Waals surface area contributed by atoms with E-state index in [1.165, 1.54) is 6.92 Å². The topological polar surface area (TPSA) is 115 Å². The summed E-state index contributed by atoms with van der Waals surface area (Å²) in [6, 6.07) is 6.78. The van der Waals surface area contributed by atoms with Crippen LogP contribution in [0.4, 0.5) is 4.79 Å². The molecule has 1 aromatic heterocycles. The SMILES string of the molecule is CCCCOC(=O)C1(S(=O)(=O)CC)NCCc2c1n(C(=O)O)c1ccccc21. The zero-order chi connectivity index (χ0) is 20.5. The number of rotatable bonds is 6. The van der Waals surface area contributed by atoms with E-state index in [0.717, 1.165) is 11.0 Å². The summed E-state index contributed by atoms with van der Waals surface area (Å²) < 4.78 is 32.6. The molecule has 3 rings (SSSR count). The van der Waals surface area contributed by atoms with Crippen molar-refractivity contribution in [3.8, 4) is 0 Å². The summed E-state index contributed by atoms with van der Waals surface area (Å²) in [5.41, 5.74) is 0.817. The van der Waals surface area contributed by atoms with Gasteiger partial charge in [0.15, 0.2) is 9.84 Å². The second-order valence-electron chi connectivity index (χ2n) is 6.71. The third kappa shape index (κ3) is 2.89. The number of hydrogen-bond donors (Lipinski definition) is 2. The Bertz CT molecular complexity index is 1030. The number of nitrogens with one attached hydrogen (secondary N) is 1. The maximum absolute atomic E-state index is 13.2. The number of sulfone groups is 1. The summed E-state index contributed by atoms with van der Waals surface area (Å²) in [5, 5.41) is 13.3. The van der Waals surface area contributed by atoms with Gasteiger partial charge in [-0.3, -0.25) is 5.32 Å². The summed E-state index contributed by atoms with van der Waals surface area (Å²) in [4.78, 5) is 23.0. The monoisotopic (exact) mass is 408 g/mol. The molecule has 0 bridgehead atoms. The van der Waals surface area contributed by atoms with Gasteiger partial charge in [-0.05, 0) is 24.5 Å². The number of esters is 1. The van der Waals surface area contributed by atoms with Crippen LogP contribution in [0.3, 0.4) is 0 Å². The first-order chi connectivity index (χ1) is 13.3. The van der Waals surface area contributed by atoms with Crippen molar-refractivity contribution in [2.45, 2.75) is 38.0 Å². The second kappa shape index (κ2) is 7.56. The number of carbonyl (C=O) groups excluding carboxylic acids is 1. The number of para-hydroxylation sites is 1. The molecule has 0 aliphatic carbocycles. The molecule has 2 N–H and O–H groups in total.